The molecule has 4 heteroatoms. The molecule has 0 unspecified atom stereocenters. The minimum Gasteiger partial charge on any atom is -0.361 e. The average Bonchev–Trinajstić information content (AvgIpc) is 2.90. The number of rotatable bonds is 1. The Labute approximate surface area is 112 Å². The summed E-state index contributed by atoms with van der Waals surface area (Å²) < 4.78 is 0. The van der Waals surface area contributed by atoms with E-state index in [1.165, 1.54) is 16.5 Å². The second kappa shape index (κ2) is 4.80. The normalized spacial score (nSPS) is 15.4. The fraction of sp³-hybridized carbons (Fsp3) is 0.267. The van der Waals surface area contributed by atoms with Gasteiger partial charge in [-0.05, 0) is 18.1 Å². The van der Waals surface area contributed by atoms with Crippen LogP contribution in [0.2, 0.25) is 0 Å². The van der Waals surface area contributed by atoms with Gasteiger partial charge in [0.2, 0.25) is 0 Å². The fourth-order valence-corrected chi connectivity index (χ4v) is 2.59. The highest BCUT2D eigenvalue weighted by Gasteiger charge is 2.18. The lowest BCUT2D eigenvalue weighted by Crippen LogP contribution is -2.40. The van der Waals surface area contributed by atoms with Crippen LogP contribution < -0.4 is 5.32 Å². The van der Waals surface area contributed by atoms with E-state index in [2.05, 4.69) is 40.8 Å². The minimum atomic E-state index is -0.00535. The first-order valence-electron chi connectivity index (χ1n) is 6.52. The van der Waals surface area contributed by atoms with Crippen LogP contribution in [0.1, 0.15) is 12.0 Å². The number of aromatic amines is 1. The molecule has 0 aliphatic carbocycles. The Kier molecular flexibility index (Phi) is 2.99. The van der Waals surface area contributed by atoms with Gasteiger partial charge in [0.1, 0.15) is 0 Å². The van der Waals surface area contributed by atoms with Gasteiger partial charge in [-0.3, -0.25) is 0 Å². The number of nitrogens with zero attached hydrogens (tertiary/aromatic N) is 1. The summed E-state index contributed by atoms with van der Waals surface area (Å²) in [6, 6.07) is 8.30. The van der Waals surface area contributed by atoms with E-state index in [0.717, 1.165) is 18.5 Å². The zero-order valence-electron chi connectivity index (χ0n) is 10.9. The molecule has 19 heavy (non-hydrogen) atoms. The van der Waals surface area contributed by atoms with Crippen LogP contribution in [-0.2, 0) is 0 Å². The third kappa shape index (κ3) is 2.10. The number of hydrogen-bond donors (Lipinski definition) is 2. The van der Waals surface area contributed by atoms with Crippen LogP contribution in [0.5, 0.6) is 0 Å². The molecule has 98 valence electrons. The summed E-state index contributed by atoms with van der Waals surface area (Å²) in [4.78, 5) is 16.7. The summed E-state index contributed by atoms with van der Waals surface area (Å²) in [6.07, 6.45) is 5.11. The van der Waals surface area contributed by atoms with Gasteiger partial charge in [0.15, 0.2) is 0 Å². The number of nitrogens with one attached hydrogen (secondary N) is 2. The van der Waals surface area contributed by atoms with E-state index in [4.69, 9.17) is 0 Å². The monoisotopic (exact) mass is 255 g/mol. The summed E-state index contributed by atoms with van der Waals surface area (Å²) in [7, 11) is 1.67. The molecule has 2 N–H and O–H groups in total. The van der Waals surface area contributed by atoms with Crippen molar-refractivity contribution in [1.29, 1.82) is 0 Å². The van der Waals surface area contributed by atoms with Gasteiger partial charge < -0.3 is 15.2 Å². The van der Waals surface area contributed by atoms with E-state index in [1.54, 1.807) is 7.05 Å². The molecule has 1 aromatic heterocycles. The molecule has 0 fully saturated rings. The van der Waals surface area contributed by atoms with Crippen molar-refractivity contribution in [3.8, 4) is 0 Å². The molecule has 4 nitrogen and oxygen atoms in total. The first kappa shape index (κ1) is 11.8. The van der Waals surface area contributed by atoms with E-state index < -0.39 is 0 Å². The molecular formula is C15H17N3O. The quantitative estimate of drug-likeness (QED) is 0.808. The zero-order valence-corrected chi connectivity index (χ0v) is 10.9. The number of H-pyrrole nitrogens is 1. The number of fused-ring (bicyclic) bond motifs is 1. The largest absolute Gasteiger partial charge is 0.361 e. The van der Waals surface area contributed by atoms with Crippen LogP contribution >= 0.6 is 0 Å². The molecule has 2 amide bonds. The SMILES string of the molecule is CNC(=O)N1CC=C(c2c[nH]c3ccccc23)CC1. The average molecular weight is 255 g/mol. The molecule has 0 spiro atoms. The molecule has 2 aromatic rings. The molecule has 0 saturated heterocycles. The summed E-state index contributed by atoms with van der Waals surface area (Å²) in [5, 5.41) is 3.92. The third-order valence-electron chi connectivity index (χ3n) is 3.65. The van der Waals surface area contributed by atoms with Crippen molar-refractivity contribution in [2.45, 2.75) is 6.42 Å². The van der Waals surface area contributed by atoms with Crippen LogP contribution in [0.4, 0.5) is 4.79 Å². The number of hydrogen-bond acceptors (Lipinski definition) is 1. The molecule has 1 aliphatic rings. The van der Waals surface area contributed by atoms with Crippen molar-refractivity contribution in [1.82, 2.24) is 15.2 Å². The Morgan fingerprint density at radius 1 is 1.37 bits per heavy atom. The van der Waals surface area contributed by atoms with Crippen molar-refractivity contribution in [2.75, 3.05) is 20.1 Å². The maximum absolute atomic E-state index is 11.6. The predicted octanol–water partition coefficient (Wildman–Crippen LogP) is 2.60. The van der Waals surface area contributed by atoms with E-state index in [9.17, 15) is 4.79 Å². The highest BCUT2D eigenvalue weighted by Crippen LogP contribution is 2.28. The smallest absolute Gasteiger partial charge is 0.317 e. The number of urea groups is 1. The lowest BCUT2D eigenvalue weighted by Gasteiger charge is -2.25. The maximum atomic E-state index is 11.6. The first-order valence-corrected chi connectivity index (χ1v) is 6.52. The molecule has 0 radical (unpaired) electrons. The van der Waals surface area contributed by atoms with Gasteiger partial charge in [0, 0.05) is 42.8 Å². The van der Waals surface area contributed by atoms with Gasteiger partial charge in [-0.2, -0.15) is 0 Å². The van der Waals surface area contributed by atoms with Gasteiger partial charge >= 0.3 is 6.03 Å². The lowest BCUT2D eigenvalue weighted by molar-refractivity contribution is 0.205. The molecule has 1 aliphatic heterocycles. The van der Waals surface area contributed by atoms with Crippen molar-refractivity contribution >= 4 is 22.5 Å². The Morgan fingerprint density at radius 2 is 2.21 bits per heavy atom. The Hall–Kier alpha value is -2.23. The van der Waals surface area contributed by atoms with E-state index >= 15 is 0 Å². The van der Waals surface area contributed by atoms with Crippen molar-refractivity contribution in [2.24, 2.45) is 0 Å². The Balaban J connectivity index is 1.88. The van der Waals surface area contributed by atoms with Crippen LogP contribution in [0, 0.1) is 0 Å². The number of para-hydroxylation sites is 1. The van der Waals surface area contributed by atoms with Crippen molar-refractivity contribution in [3.05, 3.63) is 42.1 Å². The first-order chi connectivity index (χ1) is 9.29. The second-order valence-corrected chi connectivity index (χ2v) is 4.73. The van der Waals surface area contributed by atoms with E-state index in [1.807, 2.05) is 11.0 Å². The standard InChI is InChI=1S/C15H17N3O/c1-16-15(19)18-8-6-11(7-9-18)13-10-17-14-5-3-2-4-12(13)14/h2-6,10,17H,7-9H2,1H3,(H,16,19). The number of benzene rings is 1. The van der Waals surface area contributed by atoms with Crippen LogP contribution in [-0.4, -0.2) is 36.1 Å². The molecule has 2 heterocycles. The van der Waals surface area contributed by atoms with Gasteiger partial charge in [-0.1, -0.05) is 24.3 Å². The molecule has 3 rings (SSSR count). The van der Waals surface area contributed by atoms with Crippen LogP contribution in [0.3, 0.4) is 0 Å². The summed E-state index contributed by atoms with van der Waals surface area (Å²) in [5.41, 5.74) is 3.73. The van der Waals surface area contributed by atoms with E-state index in [0.29, 0.717) is 6.54 Å². The molecule has 0 bridgehead atoms. The fourth-order valence-electron chi connectivity index (χ4n) is 2.59. The Morgan fingerprint density at radius 3 is 2.95 bits per heavy atom. The zero-order chi connectivity index (χ0) is 13.2. The lowest BCUT2D eigenvalue weighted by atomic mass is 9.99. The number of aromatic nitrogens is 1. The Bertz CT molecular complexity index is 642. The molecule has 1 aromatic carbocycles. The molecular weight excluding hydrogens is 238 g/mol. The predicted molar refractivity (Wildman–Crippen MR) is 76.9 cm³/mol. The van der Waals surface area contributed by atoms with Gasteiger partial charge in [-0.15, -0.1) is 0 Å². The highest BCUT2D eigenvalue weighted by molar-refractivity contribution is 5.93. The van der Waals surface area contributed by atoms with E-state index in [-0.39, 0.29) is 6.03 Å². The maximum Gasteiger partial charge on any atom is 0.317 e. The third-order valence-corrected chi connectivity index (χ3v) is 3.65. The molecule has 0 saturated carbocycles. The summed E-state index contributed by atoms with van der Waals surface area (Å²) >= 11 is 0. The van der Waals surface area contributed by atoms with Crippen LogP contribution in [0.25, 0.3) is 16.5 Å². The van der Waals surface area contributed by atoms with Gasteiger partial charge in [0.05, 0.1) is 0 Å². The van der Waals surface area contributed by atoms with Gasteiger partial charge in [-0.25, -0.2) is 4.79 Å². The number of carbonyl (C=O) groups excluding carboxylic acids is 1. The second-order valence-electron chi connectivity index (χ2n) is 4.73. The van der Waals surface area contributed by atoms with Crippen LogP contribution in [0.15, 0.2) is 36.5 Å². The topological polar surface area (TPSA) is 48.1 Å². The molecule has 0 atom stereocenters. The number of amides is 2. The van der Waals surface area contributed by atoms with Crippen molar-refractivity contribution < 1.29 is 4.79 Å². The van der Waals surface area contributed by atoms with Gasteiger partial charge in [0.25, 0.3) is 0 Å². The van der Waals surface area contributed by atoms with Crippen molar-refractivity contribution in [3.63, 3.8) is 0 Å². The number of carbonyl (C=O) groups is 1. The summed E-state index contributed by atoms with van der Waals surface area (Å²) in [5.74, 6) is 0. The summed E-state index contributed by atoms with van der Waals surface area (Å²) in [6.45, 7) is 1.44. The highest BCUT2D eigenvalue weighted by atomic mass is 16.2. The minimum absolute atomic E-state index is 0.00535.